The molecule has 0 saturated heterocycles. The Kier molecular flexibility index (Phi) is 5.44. The highest BCUT2D eigenvalue weighted by molar-refractivity contribution is 6.32. The number of aromatic hydroxyl groups is 1. The summed E-state index contributed by atoms with van der Waals surface area (Å²) in [6.45, 7) is 4.60. The second-order valence-corrected chi connectivity index (χ2v) is 5.74. The highest BCUT2D eigenvalue weighted by Crippen LogP contribution is 2.23. The number of amides is 1. The van der Waals surface area contributed by atoms with Crippen LogP contribution in [0.4, 0.5) is 0 Å². The van der Waals surface area contributed by atoms with Gasteiger partial charge in [-0.25, -0.2) is 0 Å². The lowest BCUT2D eigenvalue weighted by Crippen LogP contribution is -2.26. The summed E-state index contributed by atoms with van der Waals surface area (Å²) in [5.41, 5.74) is 4.10. The van der Waals surface area contributed by atoms with Gasteiger partial charge in [0.25, 0.3) is 0 Å². The first-order valence-corrected chi connectivity index (χ1v) is 7.59. The molecular formula is C16H20ClN3O2. The molecule has 1 amide bonds. The standard InChI is InChI=1S/C16H20ClN3O2/c1-10-13(11(2)20-19-10)4-3-7-18-16(22)9-12-5-6-15(21)14(17)8-12/h5-6,8,21H,3-4,7,9H2,1-2H3,(H,18,22)(H,19,20). The highest BCUT2D eigenvalue weighted by atomic mass is 35.5. The van der Waals surface area contributed by atoms with Gasteiger partial charge in [-0.2, -0.15) is 5.10 Å². The topological polar surface area (TPSA) is 78.0 Å². The molecule has 0 unspecified atom stereocenters. The van der Waals surface area contributed by atoms with Crippen LogP contribution in [0.25, 0.3) is 0 Å². The second kappa shape index (κ2) is 7.31. The molecule has 0 aliphatic rings. The largest absolute Gasteiger partial charge is 0.506 e. The number of H-pyrrole nitrogens is 1. The average Bonchev–Trinajstić information content (AvgIpc) is 2.79. The van der Waals surface area contributed by atoms with Crippen molar-refractivity contribution in [1.82, 2.24) is 15.5 Å². The van der Waals surface area contributed by atoms with Crippen molar-refractivity contribution in [3.63, 3.8) is 0 Å². The molecule has 22 heavy (non-hydrogen) atoms. The Hall–Kier alpha value is -2.01. The Balaban J connectivity index is 1.75. The zero-order valence-corrected chi connectivity index (χ0v) is 13.5. The Morgan fingerprint density at radius 3 is 2.82 bits per heavy atom. The fraction of sp³-hybridized carbons (Fsp3) is 0.375. The van der Waals surface area contributed by atoms with Crippen molar-refractivity contribution in [2.75, 3.05) is 6.54 Å². The number of rotatable bonds is 6. The summed E-state index contributed by atoms with van der Waals surface area (Å²) in [5.74, 6) is -0.0286. The molecule has 1 aromatic carbocycles. The van der Waals surface area contributed by atoms with Crippen LogP contribution in [0, 0.1) is 13.8 Å². The van der Waals surface area contributed by atoms with Crippen molar-refractivity contribution < 1.29 is 9.90 Å². The molecule has 3 N–H and O–H groups in total. The van der Waals surface area contributed by atoms with Crippen LogP contribution in [0.1, 0.15) is 28.9 Å². The van der Waals surface area contributed by atoms with Gasteiger partial charge in [-0.15, -0.1) is 0 Å². The van der Waals surface area contributed by atoms with Crippen molar-refractivity contribution in [1.29, 1.82) is 0 Å². The van der Waals surface area contributed by atoms with Gasteiger partial charge in [-0.05, 0) is 49.9 Å². The Morgan fingerprint density at radius 1 is 1.41 bits per heavy atom. The molecule has 0 bridgehead atoms. The van der Waals surface area contributed by atoms with Crippen LogP contribution in [-0.4, -0.2) is 27.8 Å². The van der Waals surface area contributed by atoms with Crippen molar-refractivity contribution in [2.45, 2.75) is 33.1 Å². The molecule has 2 rings (SSSR count). The minimum atomic E-state index is -0.0533. The first-order chi connectivity index (χ1) is 10.5. The fourth-order valence-corrected chi connectivity index (χ4v) is 2.55. The van der Waals surface area contributed by atoms with Crippen LogP contribution in [0.2, 0.25) is 5.02 Å². The number of nitrogens with one attached hydrogen (secondary N) is 2. The summed E-state index contributed by atoms with van der Waals surface area (Å²) in [6.07, 6.45) is 2.01. The number of carbonyl (C=O) groups is 1. The smallest absolute Gasteiger partial charge is 0.224 e. The average molecular weight is 322 g/mol. The number of aryl methyl sites for hydroxylation is 2. The van der Waals surface area contributed by atoms with Crippen LogP contribution in [0.15, 0.2) is 18.2 Å². The van der Waals surface area contributed by atoms with Crippen LogP contribution in [0.5, 0.6) is 5.75 Å². The number of aromatic nitrogens is 2. The van der Waals surface area contributed by atoms with Gasteiger partial charge in [0, 0.05) is 12.2 Å². The minimum Gasteiger partial charge on any atom is -0.506 e. The maximum Gasteiger partial charge on any atom is 0.224 e. The predicted octanol–water partition coefficient (Wildman–Crippen LogP) is 2.68. The van der Waals surface area contributed by atoms with E-state index in [0.29, 0.717) is 6.54 Å². The van der Waals surface area contributed by atoms with Gasteiger partial charge in [-0.1, -0.05) is 17.7 Å². The fourth-order valence-electron chi connectivity index (χ4n) is 2.34. The number of hydrogen-bond acceptors (Lipinski definition) is 3. The molecule has 118 valence electrons. The molecule has 0 spiro atoms. The summed E-state index contributed by atoms with van der Waals surface area (Å²) < 4.78 is 0. The van der Waals surface area contributed by atoms with Crippen molar-refractivity contribution in [3.05, 3.63) is 45.7 Å². The van der Waals surface area contributed by atoms with Gasteiger partial charge in [0.15, 0.2) is 0 Å². The van der Waals surface area contributed by atoms with E-state index in [2.05, 4.69) is 15.5 Å². The molecule has 0 fully saturated rings. The van der Waals surface area contributed by atoms with Gasteiger partial charge >= 0.3 is 0 Å². The van der Waals surface area contributed by atoms with Gasteiger partial charge in [0.05, 0.1) is 17.1 Å². The first kappa shape index (κ1) is 16.4. The molecule has 0 saturated carbocycles. The zero-order chi connectivity index (χ0) is 16.1. The van der Waals surface area contributed by atoms with Gasteiger partial charge in [0.1, 0.15) is 5.75 Å². The molecule has 0 aliphatic carbocycles. The quantitative estimate of drug-likeness (QED) is 0.716. The molecule has 6 heteroatoms. The predicted molar refractivity (Wildman–Crippen MR) is 86.2 cm³/mol. The van der Waals surface area contributed by atoms with E-state index in [-0.39, 0.29) is 23.1 Å². The third kappa shape index (κ3) is 4.24. The van der Waals surface area contributed by atoms with E-state index < -0.39 is 0 Å². The second-order valence-electron chi connectivity index (χ2n) is 5.33. The lowest BCUT2D eigenvalue weighted by Gasteiger charge is -2.06. The third-order valence-electron chi connectivity index (χ3n) is 3.58. The van der Waals surface area contributed by atoms with Crippen LogP contribution >= 0.6 is 11.6 Å². The van der Waals surface area contributed by atoms with Crippen LogP contribution < -0.4 is 5.32 Å². The van der Waals surface area contributed by atoms with E-state index in [1.54, 1.807) is 12.1 Å². The minimum absolute atomic E-state index is 0.0247. The Labute approximate surface area is 134 Å². The van der Waals surface area contributed by atoms with E-state index >= 15 is 0 Å². The van der Waals surface area contributed by atoms with Crippen molar-refractivity contribution in [3.8, 4) is 5.75 Å². The molecule has 0 atom stereocenters. The number of halogens is 1. The Bertz CT molecular complexity index is 648. The van der Waals surface area contributed by atoms with Crippen molar-refractivity contribution in [2.24, 2.45) is 0 Å². The lowest BCUT2D eigenvalue weighted by molar-refractivity contribution is -0.120. The maximum atomic E-state index is 11.9. The lowest BCUT2D eigenvalue weighted by atomic mass is 10.1. The molecule has 1 heterocycles. The third-order valence-corrected chi connectivity index (χ3v) is 3.89. The Morgan fingerprint density at radius 2 is 2.18 bits per heavy atom. The van der Waals surface area contributed by atoms with Crippen LogP contribution in [0.3, 0.4) is 0 Å². The van der Waals surface area contributed by atoms with Crippen LogP contribution in [-0.2, 0) is 17.6 Å². The summed E-state index contributed by atoms with van der Waals surface area (Å²) in [4.78, 5) is 11.9. The summed E-state index contributed by atoms with van der Waals surface area (Å²) in [5, 5.41) is 19.6. The number of phenols is 1. The molecule has 5 nitrogen and oxygen atoms in total. The molecule has 1 aromatic heterocycles. The van der Waals surface area contributed by atoms with Gasteiger partial charge in [-0.3, -0.25) is 9.89 Å². The molecule has 2 aromatic rings. The van der Waals surface area contributed by atoms with E-state index in [4.69, 9.17) is 11.6 Å². The number of aromatic amines is 1. The number of nitrogens with zero attached hydrogens (tertiary/aromatic N) is 1. The number of benzene rings is 1. The van der Waals surface area contributed by atoms with E-state index in [0.717, 1.165) is 29.8 Å². The van der Waals surface area contributed by atoms with Crippen molar-refractivity contribution >= 4 is 17.5 Å². The number of carbonyl (C=O) groups excluding carboxylic acids is 1. The molecule has 0 aliphatic heterocycles. The van der Waals surface area contributed by atoms with Gasteiger partial charge < -0.3 is 10.4 Å². The monoisotopic (exact) mass is 321 g/mol. The van der Waals surface area contributed by atoms with E-state index in [9.17, 15) is 9.90 Å². The molecular weight excluding hydrogens is 302 g/mol. The summed E-state index contributed by atoms with van der Waals surface area (Å²) in [6, 6.07) is 4.79. The highest BCUT2D eigenvalue weighted by Gasteiger charge is 2.08. The molecule has 0 radical (unpaired) electrons. The zero-order valence-electron chi connectivity index (χ0n) is 12.7. The normalized spacial score (nSPS) is 10.7. The SMILES string of the molecule is Cc1n[nH]c(C)c1CCCNC(=O)Cc1ccc(O)c(Cl)c1. The van der Waals surface area contributed by atoms with E-state index in [1.807, 2.05) is 13.8 Å². The maximum absolute atomic E-state index is 11.9. The first-order valence-electron chi connectivity index (χ1n) is 7.22. The summed E-state index contributed by atoms with van der Waals surface area (Å²) in [7, 11) is 0. The van der Waals surface area contributed by atoms with Gasteiger partial charge in [0.2, 0.25) is 5.91 Å². The number of hydrogen-bond donors (Lipinski definition) is 3. The number of phenolic OH excluding ortho intramolecular Hbond substituents is 1. The van der Waals surface area contributed by atoms with E-state index in [1.165, 1.54) is 11.6 Å². The summed E-state index contributed by atoms with van der Waals surface area (Å²) >= 11 is 5.82.